The van der Waals surface area contributed by atoms with Gasteiger partial charge in [-0.3, -0.25) is 0 Å². The Morgan fingerprint density at radius 1 is 1.00 bits per heavy atom. The highest BCUT2D eigenvalue weighted by Crippen LogP contribution is 2.35. The van der Waals surface area contributed by atoms with Gasteiger partial charge in [0.1, 0.15) is 0 Å². The van der Waals surface area contributed by atoms with Crippen LogP contribution in [0.4, 0.5) is 0 Å². The number of hydrogen-bond acceptors (Lipinski definition) is 0. The average Bonchev–Trinajstić information content (AvgIpc) is 2.31. The van der Waals surface area contributed by atoms with Crippen LogP contribution in [-0.4, -0.2) is 0 Å². The van der Waals surface area contributed by atoms with Crippen molar-refractivity contribution in [3.63, 3.8) is 0 Å². The van der Waals surface area contributed by atoms with Gasteiger partial charge in [0.2, 0.25) is 0 Å². The van der Waals surface area contributed by atoms with Gasteiger partial charge in [0.15, 0.2) is 0 Å². The standard InChI is InChI=1S/C16H25Cl/c1-5-7-14(8-6-2)16(17)15-10-9-12(3)13(4)11-15/h9-11,14,16H,5-8H2,1-4H3. The van der Waals surface area contributed by atoms with E-state index in [9.17, 15) is 0 Å². The SMILES string of the molecule is CCCC(CCC)C(Cl)c1ccc(C)c(C)c1. The third-order valence-electron chi connectivity index (χ3n) is 3.58. The summed E-state index contributed by atoms with van der Waals surface area (Å²) < 4.78 is 0. The molecule has 96 valence electrons. The molecule has 0 bridgehead atoms. The van der Waals surface area contributed by atoms with Gasteiger partial charge < -0.3 is 0 Å². The molecule has 0 amide bonds. The van der Waals surface area contributed by atoms with Gasteiger partial charge in [-0.25, -0.2) is 0 Å². The molecule has 0 nitrogen and oxygen atoms in total. The zero-order valence-corrected chi connectivity index (χ0v) is 12.3. The Hall–Kier alpha value is -0.490. The fourth-order valence-corrected chi connectivity index (χ4v) is 2.77. The summed E-state index contributed by atoms with van der Waals surface area (Å²) in [6.07, 6.45) is 4.90. The van der Waals surface area contributed by atoms with Crippen LogP contribution in [0.25, 0.3) is 0 Å². The Bertz CT molecular complexity index is 337. The molecule has 0 aromatic heterocycles. The predicted molar refractivity (Wildman–Crippen MR) is 77.8 cm³/mol. The highest BCUT2D eigenvalue weighted by atomic mass is 35.5. The first-order valence-corrected chi connectivity index (χ1v) is 7.25. The zero-order chi connectivity index (χ0) is 12.8. The molecule has 0 aliphatic carbocycles. The van der Waals surface area contributed by atoms with E-state index < -0.39 is 0 Å². The van der Waals surface area contributed by atoms with Crippen molar-refractivity contribution in [3.8, 4) is 0 Å². The number of aryl methyl sites for hydroxylation is 2. The number of hydrogen-bond donors (Lipinski definition) is 0. The molecule has 1 aromatic carbocycles. The Balaban J connectivity index is 2.84. The number of halogens is 1. The van der Waals surface area contributed by atoms with Crippen molar-refractivity contribution in [1.29, 1.82) is 0 Å². The molecule has 0 fully saturated rings. The monoisotopic (exact) mass is 252 g/mol. The van der Waals surface area contributed by atoms with Gasteiger partial charge in [-0.2, -0.15) is 0 Å². The highest BCUT2D eigenvalue weighted by molar-refractivity contribution is 6.21. The second kappa shape index (κ2) is 7.06. The van der Waals surface area contributed by atoms with Gasteiger partial charge in [-0.15, -0.1) is 11.6 Å². The van der Waals surface area contributed by atoms with E-state index in [0.29, 0.717) is 5.92 Å². The minimum atomic E-state index is 0.175. The molecule has 17 heavy (non-hydrogen) atoms. The minimum absolute atomic E-state index is 0.175. The smallest absolute Gasteiger partial charge is 0.0613 e. The summed E-state index contributed by atoms with van der Waals surface area (Å²) in [6.45, 7) is 8.80. The van der Waals surface area contributed by atoms with E-state index in [4.69, 9.17) is 11.6 Å². The minimum Gasteiger partial charge on any atom is -0.118 e. The Kier molecular flexibility index (Phi) is 6.05. The van der Waals surface area contributed by atoms with Crippen molar-refractivity contribution >= 4 is 11.6 Å². The highest BCUT2D eigenvalue weighted by Gasteiger charge is 2.19. The quantitative estimate of drug-likeness (QED) is 0.562. The summed E-state index contributed by atoms with van der Waals surface area (Å²) >= 11 is 6.65. The Labute approximate surface area is 111 Å². The lowest BCUT2D eigenvalue weighted by Gasteiger charge is -2.22. The van der Waals surface area contributed by atoms with E-state index in [1.54, 1.807) is 0 Å². The number of rotatable bonds is 6. The van der Waals surface area contributed by atoms with Crippen LogP contribution in [0.5, 0.6) is 0 Å². The molecule has 1 heteroatoms. The van der Waals surface area contributed by atoms with Gasteiger partial charge in [0.25, 0.3) is 0 Å². The maximum atomic E-state index is 6.65. The lowest BCUT2D eigenvalue weighted by atomic mass is 9.89. The summed E-state index contributed by atoms with van der Waals surface area (Å²) in [5.41, 5.74) is 3.99. The first-order valence-electron chi connectivity index (χ1n) is 6.81. The van der Waals surface area contributed by atoms with E-state index in [0.717, 1.165) is 0 Å². The molecular formula is C16H25Cl. The third kappa shape index (κ3) is 4.03. The van der Waals surface area contributed by atoms with E-state index in [1.807, 2.05) is 0 Å². The van der Waals surface area contributed by atoms with Crippen LogP contribution in [0, 0.1) is 19.8 Å². The largest absolute Gasteiger partial charge is 0.118 e. The van der Waals surface area contributed by atoms with Crippen molar-refractivity contribution in [2.75, 3.05) is 0 Å². The average molecular weight is 253 g/mol. The maximum absolute atomic E-state index is 6.65. The summed E-state index contributed by atoms with van der Waals surface area (Å²) in [4.78, 5) is 0. The third-order valence-corrected chi connectivity index (χ3v) is 4.19. The molecule has 0 saturated carbocycles. The van der Waals surface area contributed by atoms with E-state index in [1.165, 1.54) is 42.4 Å². The number of benzene rings is 1. The van der Waals surface area contributed by atoms with Crippen LogP contribution in [0.2, 0.25) is 0 Å². The molecule has 0 heterocycles. The maximum Gasteiger partial charge on any atom is 0.0613 e. The van der Waals surface area contributed by atoms with E-state index in [2.05, 4.69) is 45.9 Å². The number of alkyl halides is 1. The second-order valence-electron chi connectivity index (χ2n) is 5.08. The zero-order valence-electron chi connectivity index (χ0n) is 11.6. The van der Waals surface area contributed by atoms with Gasteiger partial charge >= 0.3 is 0 Å². The molecule has 0 aliphatic rings. The van der Waals surface area contributed by atoms with Crippen molar-refractivity contribution in [1.82, 2.24) is 0 Å². The van der Waals surface area contributed by atoms with Gasteiger partial charge in [-0.05, 0) is 49.3 Å². The Morgan fingerprint density at radius 2 is 1.59 bits per heavy atom. The fraction of sp³-hybridized carbons (Fsp3) is 0.625. The first-order chi connectivity index (χ1) is 8.10. The lowest BCUT2D eigenvalue weighted by molar-refractivity contribution is 0.426. The molecule has 1 atom stereocenters. The van der Waals surface area contributed by atoms with Gasteiger partial charge in [-0.1, -0.05) is 44.9 Å². The summed E-state index contributed by atoms with van der Waals surface area (Å²) in [7, 11) is 0. The molecule has 0 aliphatic heterocycles. The molecular weight excluding hydrogens is 228 g/mol. The molecule has 0 radical (unpaired) electrons. The van der Waals surface area contributed by atoms with Gasteiger partial charge in [0, 0.05) is 0 Å². The first kappa shape index (κ1) is 14.6. The molecule has 1 rings (SSSR count). The van der Waals surface area contributed by atoms with Crippen LogP contribution in [-0.2, 0) is 0 Å². The molecule has 1 unspecified atom stereocenters. The molecule has 0 saturated heterocycles. The summed E-state index contributed by atoms with van der Waals surface area (Å²) in [6, 6.07) is 6.64. The molecule has 0 spiro atoms. The fourth-order valence-electron chi connectivity index (χ4n) is 2.39. The van der Waals surface area contributed by atoms with Crippen LogP contribution >= 0.6 is 11.6 Å². The van der Waals surface area contributed by atoms with Crippen molar-refractivity contribution in [2.24, 2.45) is 5.92 Å². The van der Waals surface area contributed by atoms with Crippen LogP contribution in [0.1, 0.15) is 61.6 Å². The molecule has 0 N–H and O–H groups in total. The van der Waals surface area contributed by atoms with Crippen molar-refractivity contribution < 1.29 is 0 Å². The predicted octanol–water partition coefficient (Wildman–Crippen LogP) is 5.80. The lowest BCUT2D eigenvalue weighted by Crippen LogP contribution is -2.08. The van der Waals surface area contributed by atoms with Crippen LogP contribution in [0.3, 0.4) is 0 Å². The van der Waals surface area contributed by atoms with E-state index >= 15 is 0 Å². The van der Waals surface area contributed by atoms with E-state index in [-0.39, 0.29) is 5.38 Å². The summed E-state index contributed by atoms with van der Waals surface area (Å²) in [5, 5.41) is 0.175. The topological polar surface area (TPSA) is 0 Å². The second-order valence-corrected chi connectivity index (χ2v) is 5.55. The van der Waals surface area contributed by atoms with Crippen LogP contribution in [0.15, 0.2) is 18.2 Å². The van der Waals surface area contributed by atoms with Gasteiger partial charge in [0.05, 0.1) is 5.38 Å². The normalized spacial score (nSPS) is 13.1. The van der Waals surface area contributed by atoms with Crippen molar-refractivity contribution in [3.05, 3.63) is 34.9 Å². The summed E-state index contributed by atoms with van der Waals surface area (Å²) in [5.74, 6) is 0.619. The Morgan fingerprint density at radius 3 is 2.06 bits per heavy atom. The van der Waals surface area contributed by atoms with Crippen molar-refractivity contribution in [2.45, 2.75) is 58.8 Å². The molecule has 1 aromatic rings. The van der Waals surface area contributed by atoms with Crippen LogP contribution < -0.4 is 0 Å².